The molecule has 72 valence electrons. The maximum atomic E-state index is 11.2. The Morgan fingerprint density at radius 3 is 2.85 bits per heavy atom. The van der Waals surface area contributed by atoms with Crippen molar-refractivity contribution in [3.63, 3.8) is 0 Å². The lowest BCUT2D eigenvalue weighted by Crippen LogP contribution is -2.04. The summed E-state index contributed by atoms with van der Waals surface area (Å²) < 4.78 is 9.65. The summed E-state index contributed by atoms with van der Waals surface area (Å²) >= 11 is 0. The third-order valence-corrected chi connectivity index (χ3v) is 1.44. The number of esters is 1. The van der Waals surface area contributed by atoms with Crippen molar-refractivity contribution in [2.45, 2.75) is 20.5 Å². The van der Waals surface area contributed by atoms with Crippen molar-refractivity contribution in [3.05, 3.63) is 17.3 Å². The molecule has 13 heavy (non-hydrogen) atoms. The first kappa shape index (κ1) is 9.73. The second-order valence-corrected chi connectivity index (χ2v) is 2.40. The Morgan fingerprint density at radius 1 is 1.69 bits per heavy atom. The molecule has 1 N–H and O–H groups in total. The zero-order chi connectivity index (χ0) is 9.84. The summed E-state index contributed by atoms with van der Waals surface area (Å²) in [6.45, 7) is 3.29. The van der Waals surface area contributed by atoms with E-state index < -0.39 is 5.97 Å². The van der Waals surface area contributed by atoms with E-state index in [1.54, 1.807) is 13.8 Å². The highest BCUT2D eigenvalue weighted by Gasteiger charge is 2.17. The highest BCUT2D eigenvalue weighted by atomic mass is 16.5. The number of carbonyl (C=O) groups excluding carboxylic acids is 1. The number of ether oxygens (including phenoxy) is 1. The zero-order valence-electron chi connectivity index (χ0n) is 7.53. The number of hydrogen-bond donors (Lipinski definition) is 1. The van der Waals surface area contributed by atoms with Crippen LogP contribution in [0.2, 0.25) is 0 Å². The van der Waals surface area contributed by atoms with Crippen LogP contribution in [0.3, 0.4) is 0 Å². The minimum Gasteiger partial charge on any atom is -0.460 e. The summed E-state index contributed by atoms with van der Waals surface area (Å²) in [6, 6.07) is 0. The fourth-order valence-corrected chi connectivity index (χ4v) is 0.906. The highest BCUT2D eigenvalue weighted by Crippen LogP contribution is 2.11. The van der Waals surface area contributed by atoms with Crippen LogP contribution in [0.5, 0.6) is 0 Å². The molecular formula is C8H11NO4. The second-order valence-electron chi connectivity index (χ2n) is 2.40. The fraction of sp³-hybridized carbons (Fsp3) is 0.500. The smallest absolute Gasteiger partial charge is 0.376 e. The van der Waals surface area contributed by atoms with Gasteiger partial charge in [0.2, 0.25) is 11.7 Å². The normalized spacial score (nSPS) is 10.1. The molecule has 1 aromatic rings. The van der Waals surface area contributed by atoms with Crippen molar-refractivity contribution in [1.82, 2.24) is 4.98 Å². The first-order valence-corrected chi connectivity index (χ1v) is 3.93. The van der Waals surface area contributed by atoms with E-state index in [2.05, 4.69) is 4.98 Å². The lowest BCUT2D eigenvalue weighted by molar-refractivity contribution is 0.0484. The van der Waals surface area contributed by atoms with Gasteiger partial charge < -0.3 is 14.3 Å². The topological polar surface area (TPSA) is 72.6 Å². The van der Waals surface area contributed by atoms with E-state index in [1.807, 2.05) is 0 Å². The molecule has 0 saturated carbocycles. The number of nitrogens with zero attached hydrogens (tertiary/aromatic N) is 1. The van der Waals surface area contributed by atoms with Gasteiger partial charge in [0, 0.05) is 0 Å². The van der Waals surface area contributed by atoms with Gasteiger partial charge in [-0.15, -0.1) is 0 Å². The summed E-state index contributed by atoms with van der Waals surface area (Å²) in [4.78, 5) is 15.0. The van der Waals surface area contributed by atoms with Crippen LogP contribution in [-0.4, -0.2) is 22.7 Å². The Kier molecular flexibility index (Phi) is 3.02. The average Bonchev–Trinajstić information content (AvgIpc) is 2.47. The van der Waals surface area contributed by atoms with Crippen LogP contribution >= 0.6 is 0 Å². The molecule has 0 aliphatic rings. The van der Waals surface area contributed by atoms with Crippen LogP contribution in [-0.2, 0) is 11.3 Å². The number of hydrogen-bond acceptors (Lipinski definition) is 5. The van der Waals surface area contributed by atoms with Crippen molar-refractivity contribution < 1.29 is 19.1 Å². The lowest BCUT2D eigenvalue weighted by atomic mass is 10.4. The second kappa shape index (κ2) is 4.04. The Hall–Kier alpha value is -1.36. The van der Waals surface area contributed by atoms with Gasteiger partial charge in [-0.05, 0) is 13.8 Å². The number of aliphatic hydroxyl groups is 1. The van der Waals surface area contributed by atoms with E-state index in [9.17, 15) is 4.79 Å². The summed E-state index contributed by atoms with van der Waals surface area (Å²) in [5.74, 6) is -0.362. The molecule has 0 bridgehead atoms. The van der Waals surface area contributed by atoms with Crippen LogP contribution in [0.25, 0.3) is 0 Å². The maximum absolute atomic E-state index is 11.2. The number of aromatic nitrogens is 1. The molecule has 0 aliphatic carbocycles. The summed E-state index contributed by atoms with van der Waals surface area (Å²) in [5, 5.41) is 8.68. The average molecular weight is 185 g/mol. The standard InChI is InChI=1S/C8H11NO4/c1-3-12-8(11)7-5(2)9-6(4-10)13-7/h10H,3-4H2,1-2H3. The molecule has 5 nitrogen and oxygen atoms in total. The van der Waals surface area contributed by atoms with Crippen LogP contribution in [0.1, 0.15) is 29.1 Å². The third kappa shape index (κ3) is 2.06. The summed E-state index contributed by atoms with van der Waals surface area (Å²) in [5.41, 5.74) is 0.433. The SMILES string of the molecule is CCOC(=O)c1oc(CO)nc1C. The molecule has 0 fully saturated rings. The van der Waals surface area contributed by atoms with Gasteiger partial charge in [0.05, 0.1) is 12.3 Å². The molecule has 0 saturated heterocycles. The first-order valence-electron chi connectivity index (χ1n) is 3.93. The lowest BCUT2D eigenvalue weighted by Gasteiger charge is -1.96. The molecular weight excluding hydrogens is 174 g/mol. The Bertz CT molecular complexity index is 305. The van der Waals surface area contributed by atoms with Gasteiger partial charge in [0.25, 0.3) is 0 Å². The van der Waals surface area contributed by atoms with E-state index in [1.165, 1.54) is 0 Å². The van der Waals surface area contributed by atoms with Crippen LogP contribution in [0.4, 0.5) is 0 Å². The molecule has 0 aromatic carbocycles. The fourth-order valence-electron chi connectivity index (χ4n) is 0.906. The molecule has 5 heteroatoms. The minimum absolute atomic E-state index is 0.0610. The van der Waals surface area contributed by atoms with Gasteiger partial charge >= 0.3 is 5.97 Å². The van der Waals surface area contributed by atoms with Crippen LogP contribution in [0, 0.1) is 6.92 Å². The number of aryl methyl sites for hydroxylation is 1. The van der Waals surface area contributed by atoms with Gasteiger partial charge in [-0.3, -0.25) is 0 Å². The van der Waals surface area contributed by atoms with Crippen molar-refractivity contribution >= 4 is 5.97 Å². The summed E-state index contributed by atoms with van der Waals surface area (Å²) in [6.07, 6.45) is 0. The van der Waals surface area contributed by atoms with E-state index in [0.717, 1.165) is 0 Å². The predicted octanol–water partition coefficient (Wildman–Crippen LogP) is 0.652. The Balaban J connectivity index is 2.87. The Morgan fingerprint density at radius 2 is 2.38 bits per heavy atom. The van der Waals surface area contributed by atoms with Gasteiger partial charge in [0.15, 0.2) is 0 Å². The minimum atomic E-state index is -0.549. The van der Waals surface area contributed by atoms with Crippen molar-refractivity contribution in [3.8, 4) is 0 Å². The number of aliphatic hydroxyl groups excluding tert-OH is 1. The molecule has 1 aromatic heterocycles. The van der Waals surface area contributed by atoms with Gasteiger partial charge in [0.1, 0.15) is 6.61 Å². The highest BCUT2D eigenvalue weighted by molar-refractivity contribution is 5.87. The molecule has 1 heterocycles. The molecule has 0 spiro atoms. The number of rotatable bonds is 3. The monoisotopic (exact) mass is 185 g/mol. The molecule has 1 rings (SSSR count). The van der Waals surface area contributed by atoms with Crippen LogP contribution in [0.15, 0.2) is 4.42 Å². The third-order valence-electron chi connectivity index (χ3n) is 1.44. The van der Waals surface area contributed by atoms with Crippen LogP contribution < -0.4 is 0 Å². The zero-order valence-corrected chi connectivity index (χ0v) is 7.53. The molecule has 0 amide bonds. The van der Waals surface area contributed by atoms with E-state index in [4.69, 9.17) is 14.3 Å². The summed E-state index contributed by atoms with van der Waals surface area (Å²) in [7, 11) is 0. The van der Waals surface area contributed by atoms with Gasteiger partial charge in [-0.1, -0.05) is 0 Å². The van der Waals surface area contributed by atoms with Crippen molar-refractivity contribution in [2.75, 3.05) is 6.61 Å². The molecule has 0 atom stereocenters. The predicted molar refractivity (Wildman–Crippen MR) is 43.1 cm³/mol. The maximum Gasteiger partial charge on any atom is 0.376 e. The van der Waals surface area contributed by atoms with Crippen molar-refractivity contribution in [2.24, 2.45) is 0 Å². The van der Waals surface area contributed by atoms with Gasteiger partial charge in [-0.25, -0.2) is 9.78 Å². The number of carbonyl (C=O) groups is 1. The molecule has 0 radical (unpaired) electrons. The van der Waals surface area contributed by atoms with E-state index in [-0.39, 0.29) is 24.9 Å². The van der Waals surface area contributed by atoms with E-state index >= 15 is 0 Å². The largest absolute Gasteiger partial charge is 0.460 e. The van der Waals surface area contributed by atoms with Gasteiger partial charge in [-0.2, -0.15) is 0 Å². The van der Waals surface area contributed by atoms with Crippen molar-refractivity contribution in [1.29, 1.82) is 0 Å². The number of oxazole rings is 1. The molecule has 0 unspecified atom stereocenters. The Labute approximate surface area is 75.3 Å². The quantitative estimate of drug-likeness (QED) is 0.700. The molecule has 0 aliphatic heterocycles. The first-order chi connectivity index (χ1) is 6.19. The van der Waals surface area contributed by atoms with E-state index in [0.29, 0.717) is 5.69 Å².